The van der Waals surface area contributed by atoms with E-state index in [1.165, 1.54) is 75.5 Å². The summed E-state index contributed by atoms with van der Waals surface area (Å²) in [5, 5.41) is 5.16. The highest BCUT2D eigenvalue weighted by molar-refractivity contribution is 7.25. The maximum Gasteiger partial charge on any atom is 0.160 e. The van der Waals surface area contributed by atoms with E-state index < -0.39 is 0 Å². The first-order valence-electron chi connectivity index (χ1n) is 19.2. The zero-order valence-corrected chi connectivity index (χ0v) is 31.9. The summed E-state index contributed by atoms with van der Waals surface area (Å²) in [6, 6.07) is 65.9. The van der Waals surface area contributed by atoms with E-state index in [0.717, 1.165) is 28.1 Å². The summed E-state index contributed by atoms with van der Waals surface area (Å²) < 4.78 is 2.61. The van der Waals surface area contributed by atoms with Gasteiger partial charge in [0.2, 0.25) is 0 Å². The van der Waals surface area contributed by atoms with Crippen molar-refractivity contribution in [3.8, 4) is 67.3 Å². The first-order chi connectivity index (χ1) is 27.5. The number of aromatic nitrogens is 2. The van der Waals surface area contributed by atoms with Gasteiger partial charge >= 0.3 is 0 Å². The van der Waals surface area contributed by atoms with Crippen molar-refractivity contribution < 1.29 is 0 Å². The molecule has 0 bridgehead atoms. The monoisotopic (exact) mass is 732 g/mol. The molecule has 3 heteroatoms. The van der Waals surface area contributed by atoms with Gasteiger partial charge in [-0.15, -0.1) is 11.3 Å². The number of thiophene rings is 1. The molecule has 0 N–H and O–H groups in total. The van der Waals surface area contributed by atoms with Crippen LogP contribution in [0.3, 0.4) is 0 Å². The lowest BCUT2D eigenvalue weighted by Crippen LogP contribution is -2.14. The summed E-state index contributed by atoms with van der Waals surface area (Å²) >= 11 is 1.85. The molecule has 2 nitrogen and oxygen atoms in total. The SMILES string of the molecule is CC1(C)c2cc3ccccc3cc2-c2c(-c3cccc(-c4cc(-c5cccc(-c6cccc7sc8ccccc8c67)c5)nc(-c5ccccc5)n4)c3)cccc21. The molecule has 8 aromatic carbocycles. The number of fused-ring (bicyclic) bond motifs is 7. The zero-order valence-electron chi connectivity index (χ0n) is 31.1. The van der Waals surface area contributed by atoms with Gasteiger partial charge in [0.05, 0.1) is 11.4 Å². The predicted molar refractivity (Wildman–Crippen MR) is 237 cm³/mol. The van der Waals surface area contributed by atoms with Crippen molar-refractivity contribution in [1.29, 1.82) is 0 Å². The van der Waals surface area contributed by atoms with Gasteiger partial charge < -0.3 is 0 Å². The number of benzene rings is 8. The Bertz CT molecular complexity index is 3170. The van der Waals surface area contributed by atoms with Crippen LogP contribution in [0.2, 0.25) is 0 Å². The maximum atomic E-state index is 5.24. The minimum atomic E-state index is -0.106. The third-order valence-corrected chi connectivity index (χ3v) is 12.8. The minimum absolute atomic E-state index is 0.106. The Labute approximate surface area is 330 Å². The normalized spacial score (nSPS) is 13.0. The molecule has 0 fully saturated rings. The van der Waals surface area contributed by atoms with Crippen molar-refractivity contribution in [2.45, 2.75) is 19.3 Å². The van der Waals surface area contributed by atoms with Crippen molar-refractivity contribution in [2.24, 2.45) is 0 Å². The lowest BCUT2D eigenvalue weighted by molar-refractivity contribution is 0.661. The van der Waals surface area contributed by atoms with Crippen molar-refractivity contribution in [2.75, 3.05) is 0 Å². The van der Waals surface area contributed by atoms with Crippen LogP contribution in [0.4, 0.5) is 0 Å². The molecule has 0 spiro atoms. The average Bonchev–Trinajstić information content (AvgIpc) is 3.75. The predicted octanol–water partition coefficient (Wildman–Crippen LogP) is 14.6. The van der Waals surface area contributed by atoms with Crippen LogP contribution in [0, 0.1) is 0 Å². The Morgan fingerprint density at radius 2 is 0.982 bits per heavy atom. The van der Waals surface area contributed by atoms with E-state index in [4.69, 9.17) is 9.97 Å². The summed E-state index contributed by atoms with van der Waals surface area (Å²) in [6.07, 6.45) is 0. The molecular weight excluding hydrogens is 697 g/mol. The molecule has 2 aromatic heterocycles. The van der Waals surface area contributed by atoms with Crippen LogP contribution in [0.5, 0.6) is 0 Å². The van der Waals surface area contributed by atoms with E-state index in [9.17, 15) is 0 Å². The molecule has 1 aliphatic rings. The van der Waals surface area contributed by atoms with Gasteiger partial charge in [-0.1, -0.05) is 153 Å². The Morgan fingerprint density at radius 3 is 1.75 bits per heavy atom. The smallest absolute Gasteiger partial charge is 0.160 e. The van der Waals surface area contributed by atoms with Gasteiger partial charge in [0.15, 0.2) is 5.82 Å². The zero-order chi connectivity index (χ0) is 37.4. The molecule has 264 valence electrons. The fraction of sp³-hybridized carbons (Fsp3) is 0.0566. The standard InChI is InChI=1S/C53H36N2S/c1-53(2)44-25-12-23-40(50(44)43-30-34-16-6-7-17-35(34)31-45(43)53)36-18-10-20-38(28-36)46-32-47(55-52(54-46)33-14-4-3-5-15-33)39-21-11-19-37(29-39)41-24-13-27-49-51(41)42-22-8-9-26-48(42)56-49/h3-32H,1-2H3. The van der Waals surface area contributed by atoms with Crippen LogP contribution in [-0.4, -0.2) is 9.97 Å². The molecule has 0 aliphatic heterocycles. The quantitative estimate of drug-likeness (QED) is 0.176. The van der Waals surface area contributed by atoms with Crippen LogP contribution < -0.4 is 0 Å². The number of hydrogen-bond acceptors (Lipinski definition) is 3. The minimum Gasteiger partial charge on any atom is -0.228 e. The van der Waals surface area contributed by atoms with Crippen molar-refractivity contribution in [3.05, 3.63) is 193 Å². The second-order valence-electron chi connectivity index (χ2n) is 15.4. The first kappa shape index (κ1) is 32.7. The van der Waals surface area contributed by atoms with Crippen LogP contribution in [0.25, 0.3) is 98.2 Å². The molecule has 0 amide bonds. The van der Waals surface area contributed by atoms with E-state index in [-0.39, 0.29) is 5.41 Å². The number of nitrogens with zero attached hydrogens (tertiary/aromatic N) is 2. The van der Waals surface area contributed by atoms with Gasteiger partial charge in [-0.3, -0.25) is 0 Å². The fourth-order valence-electron chi connectivity index (χ4n) is 8.88. The molecule has 10 aromatic rings. The van der Waals surface area contributed by atoms with Crippen molar-refractivity contribution >= 4 is 42.3 Å². The number of rotatable bonds is 5. The lowest BCUT2D eigenvalue weighted by Gasteiger charge is -2.22. The molecule has 0 atom stereocenters. The molecule has 11 rings (SSSR count). The molecule has 0 saturated heterocycles. The van der Waals surface area contributed by atoms with Gasteiger partial charge in [-0.25, -0.2) is 9.97 Å². The summed E-state index contributed by atoms with van der Waals surface area (Å²) in [5.74, 6) is 0.711. The van der Waals surface area contributed by atoms with Gasteiger partial charge in [-0.05, 0) is 97.7 Å². The highest BCUT2D eigenvalue weighted by atomic mass is 32.1. The molecule has 0 radical (unpaired) electrons. The van der Waals surface area contributed by atoms with Gasteiger partial charge in [-0.2, -0.15) is 0 Å². The van der Waals surface area contributed by atoms with Crippen molar-refractivity contribution in [3.63, 3.8) is 0 Å². The Balaban J connectivity index is 1.06. The van der Waals surface area contributed by atoms with Crippen LogP contribution in [-0.2, 0) is 5.41 Å². The van der Waals surface area contributed by atoms with Gasteiger partial charge in [0.25, 0.3) is 0 Å². The van der Waals surface area contributed by atoms with E-state index >= 15 is 0 Å². The summed E-state index contributed by atoms with van der Waals surface area (Å²) in [4.78, 5) is 10.5. The van der Waals surface area contributed by atoms with Crippen LogP contribution in [0.15, 0.2) is 182 Å². The van der Waals surface area contributed by atoms with Crippen molar-refractivity contribution in [1.82, 2.24) is 9.97 Å². The third kappa shape index (κ3) is 5.23. The molecule has 56 heavy (non-hydrogen) atoms. The highest BCUT2D eigenvalue weighted by Gasteiger charge is 2.37. The number of hydrogen-bond donors (Lipinski definition) is 0. The van der Waals surface area contributed by atoms with E-state index in [0.29, 0.717) is 5.82 Å². The third-order valence-electron chi connectivity index (χ3n) is 11.7. The van der Waals surface area contributed by atoms with Crippen LogP contribution in [0.1, 0.15) is 25.0 Å². The van der Waals surface area contributed by atoms with Crippen LogP contribution >= 0.6 is 11.3 Å². The summed E-state index contributed by atoms with van der Waals surface area (Å²) in [5.41, 5.74) is 15.0. The molecular formula is C53H36N2S. The van der Waals surface area contributed by atoms with E-state index in [1.54, 1.807) is 0 Å². The molecule has 1 aliphatic carbocycles. The summed E-state index contributed by atoms with van der Waals surface area (Å²) in [7, 11) is 0. The second kappa shape index (κ2) is 12.7. The van der Waals surface area contributed by atoms with E-state index in [2.05, 4.69) is 190 Å². The fourth-order valence-corrected chi connectivity index (χ4v) is 10.0. The largest absolute Gasteiger partial charge is 0.228 e. The Kier molecular flexibility index (Phi) is 7.42. The topological polar surface area (TPSA) is 25.8 Å². The maximum absolute atomic E-state index is 5.24. The van der Waals surface area contributed by atoms with E-state index in [1.807, 2.05) is 17.4 Å². The molecule has 2 heterocycles. The molecule has 0 unspecified atom stereocenters. The Hall–Kier alpha value is -6.68. The Morgan fingerprint density at radius 1 is 0.411 bits per heavy atom. The average molecular weight is 733 g/mol. The highest BCUT2D eigenvalue weighted by Crippen LogP contribution is 2.53. The summed E-state index contributed by atoms with van der Waals surface area (Å²) in [6.45, 7) is 4.72. The second-order valence-corrected chi connectivity index (χ2v) is 16.4. The first-order valence-corrected chi connectivity index (χ1v) is 20.0. The lowest BCUT2D eigenvalue weighted by atomic mass is 9.81. The van der Waals surface area contributed by atoms with Gasteiger partial charge in [0, 0.05) is 42.3 Å². The van der Waals surface area contributed by atoms with Gasteiger partial charge in [0.1, 0.15) is 0 Å². The molecule has 0 saturated carbocycles.